The molecule has 2 aromatic heterocycles. The fourth-order valence-corrected chi connectivity index (χ4v) is 4.95. The van der Waals surface area contributed by atoms with Crippen molar-refractivity contribution in [3.05, 3.63) is 72.4 Å². The SMILES string of the molecule is Oc1cccc(Nc2ccnc3cc(-c4cccc(CN5CCNCC5)c4)sc23)c1. The normalized spacial score (nSPS) is 14.8. The van der Waals surface area contributed by atoms with Crippen LogP contribution in [0.1, 0.15) is 5.56 Å². The maximum atomic E-state index is 9.74. The number of phenols is 1. The first-order chi connectivity index (χ1) is 14.7. The van der Waals surface area contributed by atoms with Crippen molar-refractivity contribution in [2.45, 2.75) is 6.54 Å². The quantitative estimate of drug-likeness (QED) is 0.436. The third-order valence-electron chi connectivity index (χ3n) is 5.36. The summed E-state index contributed by atoms with van der Waals surface area (Å²) in [5.41, 5.74) is 5.41. The Morgan fingerprint density at radius 1 is 1.03 bits per heavy atom. The number of rotatable bonds is 5. The molecule has 5 rings (SSSR count). The summed E-state index contributed by atoms with van der Waals surface area (Å²) in [6.07, 6.45) is 1.82. The molecule has 0 amide bonds. The monoisotopic (exact) mass is 416 g/mol. The topological polar surface area (TPSA) is 60.4 Å². The molecular weight excluding hydrogens is 392 g/mol. The van der Waals surface area contributed by atoms with Gasteiger partial charge in [-0.05, 0) is 41.5 Å². The van der Waals surface area contributed by atoms with Gasteiger partial charge < -0.3 is 15.7 Å². The summed E-state index contributed by atoms with van der Waals surface area (Å²) in [5, 5.41) is 16.6. The zero-order valence-corrected chi connectivity index (χ0v) is 17.5. The summed E-state index contributed by atoms with van der Waals surface area (Å²) in [6, 6.07) is 20.2. The molecule has 0 bridgehead atoms. The van der Waals surface area contributed by atoms with Crippen molar-refractivity contribution in [1.82, 2.24) is 15.2 Å². The van der Waals surface area contributed by atoms with E-state index >= 15 is 0 Å². The Morgan fingerprint density at radius 3 is 2.77 bits per heavy atom. The zero-order chi connectivity index (χ0) is 20.3. The third kappa shape index (κ3) is 4.16. The molecule has 0 aliphatic carbocycles. The molecule has 0 spiro atoms. The fourth-order valence-electron chi connectivity index (χ4n) is 3.87. The van der Waals surface area contributed by atoms with E-state index in [1.807, 2.05) is 24.4 Å². The van der Waals surface area contributed by atoms with Crippen molar-refractivity contribution in [3.8, 4) is 16.2 Å². The van der Waals surface area contributed by atoms with Gasteiger partial charge in [-0.2, -0.15) is 0 Å². The van der Waals surface area contributed by atoms with E-state index in [2.05, 4.69) is 50.8 Å². The van der Waals surface area contributed by atoms with Gasteiger partial charge >= 0.3 is 0 Å². The molecule has 0 unspecified atom stereocenters. The Hall–Kier alpha value is -2.93. The number of fused-ring (bicyclic) bond motifs is 1. The number of hydrogen-bond donors (Lipinski definition) is 3. The molecule has 6 heteroatoms. The number of aromatic hydroxyl groups is 1. The van der Waals surface area contributed by atoms with Gasteiger partial charge in [0.25, 0.3) is 0 Å². The molecule has 2 aromatic carbocycles. The fraction of sp³-hybridized carbons (Fsp3) is 0.208. The van der Waals surface area contributed by atoms with E-state index in [9.17, 15) is 5.11 Å². The molecule has 5 nitrogen and oxygen atoms in total. The van der Waals surface area contributed by atoms with E-state index in [-0.39, 0.29) is 5.75 Å². The van der Waals surface area contributed by atoms with Crippen molar-refractivity contribution < 1.29 is 5.11 Å². The highest BCUT2D eigenvalue weighted by Crippen LogP contribution is 2.38. The first kappa shape index (κ1) is 19.1. The number of benzene rings is 2. The molecule has 1 saturated heterocycles. The summed E-state index contributed by atoms with van der Waals surface area (Å²) in [7, 11) is 0. The number of nitrogens with zero attached hydrogens (tertiary/aromatic N) is 2. The van der Waals surface area contributed by atoms with E-state index in [0.717, 1.165) is 54.3 Å². The Labute approximate surface area is 180 Å². The van der Waals surface area contributed by atoms with Crippen LogP contribution in [-0.4, -0.2) is 41.2 Å². The molecule has 30 heavy (non-hydrogen) atoms. The second kappa shape index (κ2) is 8.44. The van der Waals surface area contributed by atoms with Crippen LogP contribution < -0.4 is 10.6 Å². The number of piperazine rings is 1. The van der Waals surface area contributed by atoms with Crippen LogP contribution in [0, 0.1) is 0 Å². The Morgan fingerprint density at radius 2 is 1.90 bits per heavy atom. The minimum absolute atomic E-state index is 0.249. The van der Waals surface area contributed by atoms with E-state index in [1.165, 1.54) is 16.0 Å². The van der Waals surface area contributed by atoms with Crippen LogP contribution >= 0.6 is 11.3 Å². The largest absolute Gasteiger partial charge is 0.508 e. The smallest absolute Gasteiger partial charge is 0.117 e. The van der Waals surface area contributed by atoms with Crippen molar-refractivity contribution in [2.24, 2.45) is 0 Å². The molecular formula is C24H24N4OS. The molecule has 3 heterocycles. The highest BCUT2D eigenvalue weighted by atomic mass is 32.1. The van der Waals surface area contributed by atoms with E-state index < -0.39 is 0 Å². The number of aromatic nitrogens is 1. The predicted octanol–water partition coefficient (Wildman–Crippen LogP) is 4.82. The van der Waals surface area contributed by atoms with E-state index in [4.69, 9.17) is 0 Å². The lowest BCUT2D eigenvalue weighted by molar-refractivity contribution is 0.233. The second-order valence-corrected chi connectivity index (χ2v) is 8.64. The van der Waals surface area contributed by atoms with E-state index in [1.54, 1.807) is 23.5 Å². The first-order valence-corrected chi connectivity index (χ1v) is 11.0. The van der Waals surface area contributed by atoms with Gasteiger partial charge in [0.1, 0.15) is 5.75 Å². The molecule has 4 aromatic rings. The standard InChI is InChI=1S/C24H24N4OS/c29-20-6-2-5-19(14-20)27-21-7-8-26-22-15-23(30-24(21)22)18-4-1-3-17(13-18)16-28-11-9-25-10-12-28/h1-8,13-15,25,29H,9-12,16H2,(H,26,27). The lowest BCUT2D eigenvalue weighted by atomic mass is 10.1. The second-order valence-electron chi connectivity index (χ2n) is 7.59. The van der Waals surface area contributed by atoms with E-state index in [0.29, 0.717) is 0 Å². The zero-order valence-electron chi connectivity index (χ0n) is 16.6. The minimum Gasteiger partial charge on any atom is -0.508 e. The number of anilines is 2. The number of pyridine rings is 1. The molecule has 3 N–H and O–H groups in total. The maximum Gasteiger partial charge on any atom is 0.117 e. The van der Waals surface area contributed by atoms with Gasteiger partial charge in [0.2, 0.25) is 0 Å². The summed E-state index contributed by atoms with van der Waals surface area (Å²) in [4.78, 5) is 8.28. The number of hydrogen-bond acceptors (Lipinski definition) is 6. The van der Waals surface area contributed by atoms with Crippen molar-refractivity contribution in [3.63, 3.8) is 0 Å². The van der Waals surface area contributed by atoms with Crippen LogP contribution in [0.3, 0.4) is 0 Å². The molecule has 1 aliphatic rings. The van der Waals surface area contributed by atoms with Gasteiger partial charge in [-0.15, -0.1) is 11.3 Å². The van der Waals surface area contributed by atoms with Crippen LogP contribution in [0.25, 0.3) is 20.7 Å². The molecule has 1 fully saturated rings. The summed E-state index contributed by atoms with van der Waals surface area (Å²) < 4.78 is 1.11. The minimum atomic E-state index is 0.249. The van der Waals surface area contributed by atoms with Crippen LogP contribution in [0.15, 0.2) is 66.9 Å². The Bertz CT molecular complexity index is 1170. The predicted molar refractivity (Wildman–Crippen MR) is 125 cm³/mol. The lowest BCUT2D eigenvalue weighted by Crippen LogP contribution is -2.42. The summed E-state index contributed by atoms with van der Waals surface area (Å²) in [5.74, 6) is 0.249. The molecule has 0 saturated carbocycles. The third-order valence-corrected chi connectivity index (χ3v) is 6.57. The van der Waals surface area contributed by atoms with Crippen LogP contribution in [0.2, 0.25) is 0 Å². The van der Waals surface area contributed by atoms with Gasteiger partial charge in [0.15, 0.2) is 0 Å². The molecule has 152 valence electrons. The van der Waals surface area contributed by atoms with Crippen LogP contribution in [0.5, 0.6) is 5.75 Å². The van der Waals surface area contributed by atoms with Crippen molar-refractivity contribution >= 4 is 32.9 Å². The van der Waals surface area contributed by atoms with Crippen molar-refractivity contribution in [2.75, 3.05) is 31.5 Å². The number of thiophene rings is 1. The average Bonchev–Trinajstić information content (AvgIpc) is 3.20. The van der Waals surface area contributed by atoms with Crippen molar-refractivity contribution in [1.29, 1.82) is 0 Å². The Kier molecular flexibility index (Phi) is 5.36. The molecule has 0 atom stereocenters. The summed E-state index contributed by atoms with van der Waals surface area (Å²) in [6.45, 7) is 5.32. The Balaban J connectivity index is 1.43. The number of nitrogens with one attached hydrogen (secondary N) is 2. The highest BCUT2D eigenvalue weighted by Gasteiger charge is 2.12. The van der Waals surface area contributed by atoms with Gasteiger partial charge in [0.05, 0.1) is 15.9 Å². The first-order valence-electron chi connectivity index (χ1n) is 10.2. The lowest BCUT2D eigenvalue weighted by Gasteiger charge is -2.27. The van der Waals surface area contributed by atoms with Crippen LogP contribution in [0.4, 0.5) is 11.4 Å². The molecule has 1 aliphatic heterocycles. The highest BCUT2D eigenvalue weighted by molar-refractivity contribution is 7.22. The average molecular weight is 417 g/mol. The van der Waals surface area contributed by atoms with Gasteiger partial charge in [-0.3, -0.25) is 9.88 Å². The van der Waals surface area contributed by atoms with Crippen LogP contribution in [-0.2, 0) is 6.54 Å². The maximum absolute atomic E-state index is 9.74. The van der Waals surface area contributed by atoms with Gasteiger partial charge in [0, 0.05) is 55.6 Å². The number of phenolic OH excluding ortho intramolecular Hbond substituents is 1. The molecule has 0 radical (unpaired) electrons. The summed E-state index contributed by atoms with van der Waals surface area (Å²) >= 11 is 1.74. The van der Waals surface area contributed by atoms with Gasteiger partial charge in [-0.1, -0.05) is 24.3 Å². The van der Waals surface area contributed by atoms with Gasteiger partial charge in [-0.25, -0.2) is 0 Å².